The third-order valence-corrected chi connectivity index (χ3v) is 3.99. The molecule has 1 amide bonds. The third-order valence-electron chi connectivity index (χ3n) is 3.99. The zero-order valence-electron chi connectivity index (χ0n) is 12.6. The SMILES string of the molecule is CC1Cc2ccccc2N1C(=O)CNCc1ccc(F)cc1. The summed E-state index contributed by atoms with van der Waals surface area (Å²) in [6.07, 6.45) is 0.903. The molecule has 1 unspecified atom stereocenters. The van der Waals surface area contributed by atoms with E-state index in [1.807, 2.05) is 23.1 Å². The summed E-state index contributed by atoms with van der Waals surface area (Å²) in [6.45, 7) is 2.89. The molecule has 3 nitrogen and oxygen atoms in total. The monoisotopic (exact) mass is 298 g/mol. The van der Waals surface area contributed by atoms with Crippen LogP contribution in [0.25, 0.3) is 0 Å². The molecule has 0 spiro atoms. The minimum absolute atomic E-state index is 0.0690. The minimum atomic E-state index is -0.248. The van der Waals surface area contributed by atoms with Gasteiger partial charge in [-0.1, -0.05) is 30.3 Å². The van der Waals surface area contributed by atoms with Crippen LogP contribution in [-0.2, 0) is 17.8 Å². The molecule has 114 valence electrons. The molecule has 0 aromatic heterocycles. The molecule has 2 aromatic carbocycles. The number of fused-ring (bicyclic) bond motifs is 1. The van der Waals surface area contributed by atoms with Gasteiger partial charge in [-0.3, -0.25) is 4.79 Å². The second-order valence-corrected chi connectivity index (χ2v) is 5.68. The molecule has 2 aromatic rings. The molecule has 1 heterocycles. The summed E-state index contributed by atoms with van der Waals surface area (Å²) in [5.74, 6) is -0.179. The molecule has 0 fully saturated rings. The molecule has 3 rings (SSSR count). The van der Waals surface area contributed by atoms with E-state index in [2.05, 4.69) is 18.3 Å². The Kier molecular flexibility index (Phi) is 4.20. The Balaban J connectivity index is 1.59. The largest absolute Gasteiger partial charge is 0.308 e. The van der Waals surface area contributed by atoms with Gasteiger partial charge in [0.25, 0.3) is 0 Å². The van der Waals surface area contributed by atoms with Gasteiger partial charge in [0.2, 0.25) is 5.91 Å². The number of rotatable bonds is 4. The van der Waals surface area contributed by atoms with Crippen molar-refractivity contribution in [1.82, 2.24) is 5.32 Å². The first-order chi connectivity index (χ1) is 10.6. The molecule has 4 heteroatoms. The quantitative estimate of drug-likeness (QED) is 0.941. The van der Waals surface area contributed by atoms with Crippen LogP contribution in [0.5, 0.6) is 0 Å². The van der Waals surface area contributed by atoms with Gasteiger partial charge in [0, 0.05) is 18.3 Å². The van der Waals surface area contributed by atoms with Crippen molar-refractivity contribution in [2.75, 3.05) is 11.4 Å². The van der Waals surface area contributed by atoms with E-state index in [1.54, 1.807) is 12.1 Å². The molecule has 0 saturated carbocycles. The van der Waals surface area contributed by atoms with Crippen LogP contribution in [0.15, 0.2) is 48.5 Å². The molecule has 1 aliphatic heterocycles. The fraction of sp³-hybridized carbons (Fsp3) is 0.278. The van der Waals surface area contributed by atoms with Crippen molar-refractivity contribution in [3.05, 3.63) is 65.5 Å². The van der Waals surface area contributed by atoms with Crippen molar-refractivity contribution in [2.24, 2.45) is 0 Å². The Morgan fingerprint density at radius 1 is 1.23 bits per heavy atom. The number of amides is 1. The highest BCUT2D eigenvalue weighted by atomic mass is 19.1. The van der Waals surface area contributed by atoms with Crippen LogP contribution in [0.1, 0.15) is 18.1 Å². The molecule has 22 heavy (non-hydrogen) atoms. The van der Waals surface area contributed by atoms with Crippen molar-refractivity contribution in [3.63, 3.8) is 0 Å². The van der Waals surface area contributed by atoms with Gasteiger partial charge in [-0.05, 0) is 42.7 Å². The van der Waals surface area contributed by atoms with Crippen LogP contribution in [0.2, 0.25) is 0 Å². The summed E-state index contributed by atoms with van der Waals surface area (Å²) >= 11 is 0. The number of carbonyl (C=O) groups excluding carboxylic acids is 1. The smallest absolute Gasteiger partial charge is 0.241 e. The minimum Gasteiger partial charge on any atom is -0.308 e. The van der Waals surface area contributed by atoms with Crippen LogP contribution < -0.4 is 10.2 Å². The third kappa shape index (κ3) is 3.02. The Morgan fingerprint density at radius 2 is 1.95 bits per heavy atom. The summed E-state index contributed by atoms with van der Waals surface area (Å²) in [5.41, 5.74) is 3.20. The van der Waals surface area contributed by atoms with Gasteiger partial charge < -0.3 is 10.2 Å². The number of benzene rings is 2. The number of nitrogens with zero attached hydrogens (tertiary/aromatic N) is 1. The summed E-state index contributed by atoms with van der Waals surface area (Å²) in [6, 6.07) is 14.5. The van der Waals surface area contributed by atoms with E-state index in [4.69, 9.17) is 0 Å². The number of anilines is 1. The Morgan fingerprint density at radius 3 is 2.73 bits per heavy atom. The van der Waals surface area contributed by atoms with Crippen molar-refractivity contribution >= 4 is 11.6 Å². The molecular weight excluding hydrogens is 279 g/mol. The van der Waals surface area contributed by atoms with E-state index in [1.165, 1.54) is 17.7 Å². The van der Waals surface area contributed by atoms with Crippen molar-refractivity contribution in [1.29, 1.82) is 0 Å². The maximum absolute atomic E-state index is 12.8. The first-order valence-corrected chi connectivity index (χ1v) is 7.50. The average Bonchev–Trinajstić information content (AvgIpc) is 2.85. The highest BCUT2D eigenvalue weighted by molar-refractivity contribution is 5.97. The lowest BCUT2D eigenvalue weighted by molar-refractivity contribution is -0.118. The maximum Gasteiger partial charge on any atom is 0.241 e. The van der Waals surface area contributed by atoms with Gasteiger partial charge in [0.1, 0.15) is 5.82 Å². The van der Waals surface area contributed by atoms with Gasteiger partial charge in [-0.15, -0.1) is 0 Å². The molecular formula is C18H19FN2O. The van der Waals surface area contributed by atoms with Gasteiger partial charge in [-0.25, -0.2) is 4.39 Å². The van der Waals surface area contributed by atoms with E-state index in [9.17, 15) is 9.18 Å². The predicted molar refractivity (Wildman–Crippen MR) is 85.2 cm³/mol. The summed E-state index contributed by atoms with van der Waals surface area (Å²) in [4.78, 5) is 14.3. The van der Waals surface area contributed by atoms with E-state index in [0.29, 0.717) is 6.54 Å². The second-order valence-electron chi connectivity index (χ2n) is 5.68. The van der Waals surface area contributed by atoms with Gasteiger partial charge in [0.05, 0.1) is 6.54 Å². The van der Waals surface area contributed by atoms with E-state index in [-0.39, 0.29) is 24.3 Å². The number of hydrogen-bond donors (Lipinski definition) is 1. The molecule has 1 aliphatic rings. The van der Waals surface area contributed by atoms with Crippen molar-refractivity contribution in [3.8, 4) is 0 Å². The molecule has 0 aliphatic carbocycles. The second kappa shape index (κ2) is 6.28. The van der Waals surface area contributed by atoms with Crippen molar-refractivity contribution < 1.29 is 9.18 Å². The van der Waals surface area contributed by atoms with Gasteiger partial charge >= 0.3 is 0 Å². The van der Waals surface area contributed by atoms with E-state index in [0.717, 1.165) is 17.7 Å². The normalized spacial score (nSPS) is 16.6. The average molecular weight is 298 g/mol. The fourth-order valence-corrected chi connectivity index (χ4v) is 2.95. The highest BCUT2D eigenvalue weighted by Gasteiger charge is 2.29. The summed E-state index contributed by atoms with van der Waals surface area (Å²) in [5, 5.41) is 3.14. The Bertz CT molecular complexity index is 669. The topological polar surface area (TPSA) is 32.3 Å². The van der Waals surface area contributed by atoms with Crippen LogP contribution in [0.3, 0.4) is 0 Å². The van der Waals surface area contributed by atoms with Crippen LogP contribution >= 0.6 is 0 Å². The van der Waals surface area contributed by atoms with Crippen molar-refractivity contribution in [2.45, 2.75) is 25.9 Å². The zero-order chi connectivity index (χ0) is 15.5. The molecule has 0 radical (unpaired) electrons. The van der Waals surface area contributed by atoms with E-state index < -0.39 is 0 Å². The molecule has 1 N–H and O–H groups in total. The number of carbonyl (C=O) groups is 1. The fourth-order valence-electron chi connectivity index (χ4n) is 2.95. The number of hydrogen-bond acceptors (Lipinski definition) is 2. The van der Waals surface area contributed by atoms with E-state index >= 15 is 0 Å². The zero-order valence-corrected chi connectivity index (χ0v) is 12.6. The predicted octanol–water partition coefficient (Wildman–Crippen LogP) is 2.89. The Labute approximate surface area is 129 Å². The van der Waals surface area contributed by atoms with Crippen LogP contribution in [-0.4, -0.2) is 18.5 Å². The Hall–Kier alpha value is -2.20. The summed E-state index contributed by atoms with van der Waals surface area (Å²) < 4.78 is 12.8. The lowest BCUT2D eigenvalue weighted by Crippen LogP contribution is -2.41. The first kappa shape index (κ1) is 14.7. The van der Waals surface area contributed by atoms with Crippen LogP contribution in [0.4, 0.5) is 10.1 Å². The first-order valence-electron chi connectivity index (χ1n) is 7.50. The maximum atomic E-state index is 12.8. The summed E-state index contributed by atoms with van der Waals surface area (Å²) in [7, 11) is 0. The number of halogens is 1. The lowest BCUT2D eigenvalue weighted by Gasteiger charge is -2.23. The lowest BCUT2D eigenvalue weighted by atomic mass is 10.1. The van der Waals surface area contributed by atoms with Gasteiger partial charge in [-0.2, -0.15) is 0 Å². The molecule has 0 bridgehead atoms. The standard InChI is InChI=1S/C18H19FN2O/c1-13-10-15-4-2-3-5-17(15)21(13)18(22)12-20-11-14-6-8-16(19)9-7-14/h2-9,13,20H,10-12H2,1H3. The van der Waals surface area contributed by atoms with Crippen LogP contribution in [0, 0.1) is 5.82 Å². The highest BCUT2D eigenvalue weighted by Crippen LogP contribution is 2.31. The van der Waals surface area contributed by atoms with Gasteiger partial charge in [0.15, 0.2) is 0 Å². The number of nitrogens with one attached hydrogen (secondary N) is 1. The molecule has 0 saturated heterocycles. The molecule has 1 atom stereocenters. The number of para-hydroxylation sites is 1.